The molecule has 0 radical (unpaired) electrons. The normalized spacial score (nSPS) is 15.0. The molecule has 8 heteroatoms. The quantitative estimate of drug-likeness (QED) is 0.489. The fourth-order valence-electron chi connectivity index (χ4n) is 3.99. The van der Waals surface area contributed by atoms with E-state index in [2.05, 4.69) is 15.4 Å². The van der Waals surface area contributed by atoms with Crippen LogP contribution in [0.25, 0.3) is 11.3 Å². The van der Waals surface area contributed by atoms with Gasteiger partial charge in [-0.2, -0.15) is 0 Å². The summed E-state index contributed by atoms with van der Waals surface area (Å²) in [7, 11) is 1.33. The number of anilines is 1. The standard InChI is InChI=1S/C24H25ClFN3O3/c1-31-24(30)21-22(18-5-7-19(25)8-6-18)28-32-23(21)27-14-16-9-11-29(12-10-16)15-17-3-2-4-20(26)13-17/h2-8,13,16,27H,9-12,14-15H2,1H3. The number of nitrogens with one attached hydrogen (secondary N) is 1. The molecule has 2 aromatic carbocycles. The van der Waals surface area contributed by atoms with Crippen molar-refractivity contribution >= 4 is 23.5 Å². The summed E-state index contributed by atoms with van der Waals surface area (Å²) in [6, 6.07) is 13.8. The smallest absolute Gasteiger partial charge is 0.345 e. The zero-order valence-electron chi connectivity index (χ0n) is 17.8. The van der Waals surface area contributed by atoms with Crippen LogP contribution in [0.2, 0.25) is 5.02 Å². The van der Waals surface area contributed by atoms with Gasteiger partial charge in [-0.25, -0.2) is 9.18 Å². The molecule has 1 N–H and O–H groups in total. The third kappa shape index (κ3) is 5.29. The van der Waals surface area contributed by atoms with Crippen molar-refractivity contribution in [1.82, 2.24) is 10.1 Å². The number of ether oxygens (including phenoxy) is 1. The maximum Gasteiger partial charge on any atom is 0.345 e. The van der Waals surface area contributed by atoms with E-state index >= 15 is 0 Å². The predicted molar refractivity (Wildman–Crippen MR) is 121 cm³/mol. The Morgan fingerprint density at radius 2 is 2.00 bits per heavy atom. The molecule has 1 aliphatic rings. The van der Waals surface area contributed by atoms with E-state index in [9.17, 15) is 9.18 Å². The summed E-state index contributed by atoms with van der Waals surface area (Å²) in [6.07, 6.45) is 1.99. The monoisotopic (exact) mass is 457 g/mol. The highest BCUT2D eigenvalue weighted by Gasteiger charge is 2.26. The minimum absolute atomic E-state index is 0.201. The second-order valence-corrected chi connectivity index (χ2v) is 8.40. The van der Waals surface area contributed by atoms with Crippen LogP contribution >= 0.6 is 11.6 Å². The number of piperidine rings is 1. The molecule has 168 valence electrons. The van der Waals surface area contributed by atoms with Crippen molar-refractivity contribution < 1.29 is 18.4 Å². The maximum absolute atomic E-state index is 13.4. The van der Waals surface area contributed by atoms with Crippen molar-refractivity contribution in [2.75, 3.05) is 32.1 Å². The molecule has 4 rings (SSSR count). The number of carbonyl (C=O) groups is 1. The number of hydrogen-bond acceptors (Lipinski definition) is 6. The molecule has 1 aliphatic heterocycles. The lowest BCUT2D eigenvalue weighted by atomic mass is 9.96. The first kappa shape index (κ1) is 22.3. The van der Waals surface area contributed by atoms with Gasteiger partial charge in [-0.3, -0.25) is 4.90 Å². The number of esters is 1. The van der Waals surface area contributed by atoms with Crippen LogP contribution in [0, 0.1) is 11.7 Å². The van der Waals surface area contributed by atoms with Gasteiger partial charge < -0.3 is 14.6 Å². The number of nitrogens with zero attached hydrogens (tertiary/aromatic N) is 2. The molecule has 3 aromatic rings. The van der Waals surface area contributed by atoms with Crippen molar-refractivity contribution in [3.05, 3.63) is 70.5 Å². The molecule has 0 amide bonds. The number of benzene rings is 2. The van der Waals surface area contributed by atoms with Crippen LogP contribution in [-0.4, -0.2) is 42.8 Å². The largest absolute Gasteiger partial charge is 0.465 e. The summed E-state index contributed by atoms with van der Waals surface area (Å²) in [5.41, 5.74) is 2.40. The zero-order valence-corrected chi connectivity index (χ0v) is 18.6. The Hall–Kier alpha value is -2.90. The molecule has 0 atom stereocenters. The van der Waals surface area contributed by atoms with Crippen LogP contribution in [0.5, 0.6) is 0 Å². The number of methoxy groups -OCH3 is 1. The van der Waals surface area contributed by atoms with E-state index in [0.717, 1.165) is 43.6 Å². The van der Waals surface area contributed by atoms with Crippen LogP contribution in [0.3, 0.4) is 0 Å². The predicted octanol–water partition coefficient (Wildman–Crippen LogP) is 5.24. The van der Waals surface area contributed by atoms with E-state index in [4.69, 9.17) is 20.9 Å². The lowest BCUT2D eigenvalue weighted by Gasteiger charge is -2.32. The topological polar surface area (TPSA) is 67.6 Å². The van der Waals surface area contributed by atoms with Gasteiger partial charge in [0.05, 0.1) is 7.11 Å². The number of hydrogen-bond donors (Lipinski definition) is 1. The van der Waals surface area contributed by atoms with Crippen molar-refractivity contribution in [2.45, 2.75) is 19.4 Å². The maximum atomic E-state index is 13.4. The van der Waals surface area contributed by atoms with Crippen molar-refractivity contribution in [3.8, 4) is 11.3 Å². The average molecular weight is 458 g/mol. The van der Waals surface area contributed by atoms with Gasteiger partial charge in [0.1, 0.15) is 11.5 Å². The molecular formula is C24H25ClFN3O3. The number of aromatic nitrogens is 1. The van der Waals surface area contributed by atoms with Gasteiger partial charge in [-0.1, -0.05) is 41.0 Å². The van der Waals surface area contributed by atoms with E-state index in [-0.39, 0.29) is 11.4 Å². The number of rotatable bonds is 7. The molecule has 32 heavy (non-hydrogen) atoms. The van der Waals surface area contributed by atoms with Gasteiger partial charge in [0.15, 0.2) is 5.56 Å². The second kappa shape index (κ2) is 10.1. The van der Waals surface area contributed by atoms with E-state index in [1.807, 2.05) is 6.07 Å². The summed E-state index contributed by atoms with van der Waals surface area (Å²) >= 11 is 5.96. The van der Waals surface area contributed by atoms with Gasteiger partial charge in [-0.15, -0.1) is 0 Å². The van der Waals surface area contributed by atoms with Crippen LogP contribution < -0.4 is 5.32 Å². The molecule has 0 saturated carbocycles. The van der Waals surface area contributed by atoms with Gasteiger partial charge in [0.2, 0.25) is 5.88 Å². The van der Waals surface area contributed by atoms with Crippen LogP contribution in [-0.2, 0) is 11.3 Å². The highest BCUT2D eigenvalue weighted by molar-refractivity contribution is 6.30. The summed E-state index contributed by atoms with van der Waals surface area (Å²) < 4.78 is 23.8. The highest BCUT2D eigenvalue weighted by Crippen LogP contribution is 2.31. The lowest BCUT2D eigenvalue weighted by Crippen LogP contribution is -2.35. The first-order chi connectivity index (χ1) is 15.5. The Morgan fingerprint density at radius 1 is 1.25 bits per heavy atom. The van der Waals surface area contributed by atoms with Gasteiger partial charge in [0.25, 0.3) is 0 Å². The van der Waals surface area contributed by atoms with Crippen LogP contribution in [0.15, 0.2) is 53.1 Å². The summed E-state index contributed by atoms with van der Waals surface area (Å²) in [5.74, 6) is 0.0222. The SMILES string of the molecule is COC(=O)c1c(-c2ccc(Cl)cc2)noc1NCC1CCN(Cc2cccc(F)c2)CC1. The second-order valence-electron chi connectivity index (χ2n) is 7.96. The van der Waals surface area contributed by atoms with Crippen LogP contribution in [0.1, 0.15) is 28.8 Å². The Bertz CT molecular complexity index is 1060. The fourth-order valence-corrected chi connectivity index (χ4v) is 4.11. The third-order valence-corrected chi connectivity index (χ3v) is 6.00. The van der Waals surface area contributed by atoms with Crippen molar-refractivity contribution in [3.63, 3.8) is 0 Å². The molecular weight excluding hydrogens is 433 g/mol. The minimum atomic E-state index is -0.511. The first-order valence-electron chi connectivity index (χ1n) is 10.6. The molecule has 0 spiro atoms. The number of carbonyl (C=O) groups excluding carboxylic acids is 1. The molecule has 0 aliphatic carbocycles. The molecule has 0 bridgehead atoms. The van der Waals surface area contributed by atoms with Crippen LogP contribution in [0.4, 0.5) is 10.3 Å². The number of likely N-dealkylation sites (tertiary alicyclic amines) is 1. The summed E-state index contributed by atoms with van der Waals surface area (Å²) in [5, 5.41) is 7.94. The summed E-state index contributed by atoms with van der Waals surface area (Å²) in [4.78, 5) is 14.8. The van der Waals surface area contributed by atoms with Crippen molar-refractivity contribution in [2.24, 2.45) is 5.92 Å². The van der Waals surface area contributed by atoms with Crippen molar-refractivity contribution in [1.29, 1.82) is 0 Å². The van der Waals surface area contributed by atoms with E-state index in [1.165, 1.54) is 13.2 Å². The number of halogens is 2. The Morgan fingerprint density at radius 3 is 2.69 bits per heavy atom. The van der Waals surface area contributed by atoms with Gasteiger partial charge >= 0.3 is 5.97 Å². The van der Waals surface area contributed by atoms with Gasteiger partial charge in [0, 0.05) is 23.7 Å². The third-order valence-electron chi connectivity index (χ3n) is 5.75. The van der Waals surface area contributed by atoms with E-state index < -0.39 is 5.97 Å². The Labute approximate surface area is 191 Å². The molecule has 2 heterocycles. The first-order valence-corrected chi connectivity index (χ1v) is 11.0. The average Bonchev–Trinajstić information content (AvgIpc) is 3.22. The van der Waals surface area contributed by atoms with Gasteiger partial charge in [-0.05, 0) is 61.7 Å². The summed E-state index contributed by atoms with van der Waals surface area (Å²) in [6.45, 7) is 3.27. The fraction of sp³-hybridized carbons (Fsp3) is 0.333. The lowest BCUT2D eigenvalue weighted by molar-refractivity contribution is 0.0602. The van der Waals surface area contributed by atoms with E-state index in [1.54, 1.807) is 36.4 Å². The zero-order chi connectivity index (χ0) is 22.5. The molecule has 1 saturated heterocycles. The van der Waals surface area contributed by atoms with E-state index in [0.29, 0.717) is 29.1 Å². The minimum Gasteiger partial charge on any atom is -0.465 e. The molecule has 0 unspecified atom stereocenters. The Kier molecular flexibility index (Phi) is 7.07. The highest BCUT2D eigenvalue weighted by atomic mass is 35.5. The molecule has 6 nitrogen and oxygen atoms in total. The molecule has 1 fully saturated rings. The molecule has 1 aromatic heterocycles. The Balaban J connectivity index is 1.37.